The van der Waals surface area contributed by atoms with Crippen molar-refractivity contribution in [2.75, 3.05) is 0 Å². The summed E-state index contributed by atoms with van der Waals surface area (Å²) in [6, 6.07) is 0. The number of allylic oxidation sites excluding steroid dienone is 1. The lowest BCUT2D eigenvalue weighted by molar-refractivity contribution is -0.149. The van der Waals surface area contributed by atoms with Crippen LogP contribution >= 0.6 is 0 Å². The van der Waals surface area contributed by atoms with Crippen molar-refractivity contribution < 1.29 is 14.3 Å². The minimum atomic E-state index is -0.150. The smallest absolute Gasteiger partial charge is 0.302 e. The highest BCUT2D eigenvalue weighted by atomic mass is 16.5. The molecule has 4 rings (SSSR count). The monoisotopic (exact) mass is 388 g/mol. The van der Waals surface area contributed by atoms with E-state index in [4.69, 9.17) is 4.74 Å². The molecule has 3 nitrogen and oxygen atoms in total. The van der Waals surface area contributed by atoms with E-state index in [1.165, 1.54) is 26.2 Å². The molecule has 28 heavy (non-hydrogen) atoms. The quantitative estimate of drug-likeness (QED) is 0.423. The average Bonchev–Trinajstić information content (AvgIpc) is 3.01. The van der Waals surface area contributed by atoms with Crippen LogP contribution in [-0.4, -0.2) is 17.9 Å². The Morgan fingerprint density at radius 1 is 1.00 bits per heavy atom. The lowest BCUT2D eigenvalue weighted by Crippen LogP contribution is -2.51. The summed E-state index contributed by atoms with van der Waals surface area (Å²) >= 11 is 0. The van der Waals surface area contributed by atoms with E-state index < -0.39 is 0 Å². The van der Waals surface area contributed by atoms with Crippen LogP contribution in [0.4, 0.5) is 0 Å². The zero-order chi connectivity index (χ0) is 20.7. The Morgan fingerprint density at radius 3 is 2.36 bits per heavy atom. The summed E-state index contributed by atoms with van der Waals surface area (Å²) in [5, 5.41) is 0. The van der Waals surface area contributed by atoms with Gasteiger partial charge in [0.1, 0.15) is 11.9 Å². The molecule has 0 bridgehead atoms. The Hall–Kier alpha value is -1.12. The van der Waals surface area contributed by atoms with Gasteiger partial charge in [0.05, 0.1) is 0 Å². The Bertz CT molecular complexity index is 650. The lowest BCUT2D eigenvalue weighted by Gasteiger charge is -2.58. The van der Waals surface area contributed by atoms with Gasteiger partial charge in [-0.2, -0.15) is 0 Å². The molecule has 0 heterocycles. The summed E-state index contributed by atoms with van der Waals surface area (Å²) < 4.78 is 5.53. The molecule has 3 fully saturated rings. The number of Topliss-reactive ketones (excluding diaryl/α,β-unsaturated/α-hetero) is 1. The summed E-state index contributed by atoms with van der Waals surface area (Å²) in [5.74, 6) is 2.72. The number of ether oxygens (including phenoxy) is 1. The number of fused-ring (bicyclic) bond motifs is 5. The van der Waals surface area contributed by atoms with Gasteiger partial charge in [-0.05, 0) is 80.5 Å². The molecule has 0 N–H and O–H groups in total. The van der Waals surface area contributed by atoms with Crippen LogP contribution in [0.1, 0.15) is 92.9 Å². The van der Waals surface area contributed by atoms with Crippen molar-refractivity contribution in [3.05, 3.63) is 11.6 Å². The predicted octanol–water partition coefficient (Wildman–Crippen LogP) is 6.11. The van der Waals surface area contributed by atoms with Crippen LogP contribution in [0.25, 0.3) is 0 Å². The second-order valence-corrected chi connectivity index (χ2v) is 10.0. The van der Waals surface area contributed by atoms with Gasteiger partial charge in [0.25, 0.3) is 0 Å². The fourth-order valence-electron chi connectivity index (χ4n) is 7.63. The number of esters is 1. The first kappa shape index (κ1) is 21.6. The number of rotatable bonds is 2. The summed E-state index contributed by atoms with van der Waals surface area (Å²) in [4.78, 5) is 23.6. The molecule has 0 aromatic heterocycles. The van der Waals surface area contributed by atoms with Crippen molar-refractivity contribution in [2.45, 2.75) is 99.0 Å². The van der Waals surface area contributed by atoms with Crippen LogP contribution in [-0.2, 0) is 14.3 Å². The van der Waals surface area contributed by atoms with Crippen molar-refractivity contribution >= 4 is 11.8 Å². The third-order valence-electron chi connectivity index (χ3n) is 8.88. The molecule has 0 saturated heterocycles. The molecule has 0 aromatic carbocycles. The maximum atomic E-state index is 12.2. The largest absolute Gasteiger partial charge is 0.462 e. The molecule has 0 spiro atoms. The van der Waals surface area contributed by atoms with E-state index in [9.17, 15) is 9.59 Å². The van der Waals surface area contributed by atoms with Crippen LogP contribution in [0.2, 0.25) is 0 Å². The minimum absolute atomic E-state index is 0.0748. The van der Waals surface area contributed by atoms with E-state index in [0.29, 0.717) is 11.7 Å². The van der Waals surface area contributed by atoms with Gasteiger partial charge in [-0.3, -0.25) is 9.59 Å². The van der Waals surface area contributed by atoms with Gasteiger partial charge < -0.3 is 4.74 Å². The molecule has 3 heteroatoms. The normalized spacial score (nSPS) is 44.1. The Labute approximate surface area is 171 Å². The summed E-state index contributed by atoms with van der Waals surface area (Å²) in [6.45, 7) is 12.2. The van der Waals surface area contributed by atoms with Crippen LogP contribution in [0, 0.1) is 34.5 Å². The van der Waals surface area contributed by atoms with Crippen molar-refractivity contribution in [3.63, 3.8) is 0 Å². The molecule has 0 amide bonds. The molecular formula is C25H40O3. The number of carbonyl (C=O) groups is 2. The lowest BCUT2D eigenvalue weighted by atomic mass is 9.47. The van der Waals surface area contributed by atoms with Crippen molar-refractivity contribution in [1.82, 2.24) is 0 Å². The topological polar surface area (TPSA) is 43.4 Å². The van der Waals surface area contributed by atoms with Crippen LogP contribution < -0.4 is 0 Å². The van der Waals surface area contributed by atoms with E-state index >= 15 is 0 Å². The van der Waals surface area contributed by atoms with Crippen molar-refractivity contribution in [2.24, 2.45) is 34.5 Å². The Kier molecular flexibility index (Phi) is 6.13. The van der Waals surface area contributed by atoms with Crippen LogP contribution in [0.3, 0.4) is 0 Å². The molecule has 0 aromatic rings. The molecule has 7 atom stereocenters. The predicted molar refractivity (Wildman–Crippen MR) is 113 cm³/mol. The maximum Gasteiger partial charge on any atom is 0.302 e. The van der Waals surface area contributed by atoms with E-state index in [0.717, 1.165) is 43.9 Å². The van der Waals surface area contributed by atoms with Crippen molar-refractivity contribution in [1.29, 1.82) is 0 Å². The molecule has 158 valence electrons. The van der Waals surface area contributed by atoms with Gasteiger partial charge >= 0.3 is 5.97 Å². The maximum absolute atomic E-state index is 12.2. The number of hydrogen-bond donors (Lipinski definition) is 0. The average molecular weight is 389 g/mol. The second-order valence-electron chi connectivity index (χ2n) is 10.0. The van der Waals surface area contributed by atoms with Gasteiger partial charge in [0.2, 0.25) is 0 Å². The third-order valence-corrected chi connectivity index (χ3v) is 8.88. The van der Waals surface area contributed by atoms with E-state index in [1.54, 1.807) is 12.5 Å². The first-order chi connectivity index (χ1) is 13.3. The highest BCUT2D eigenvalue weighted by molar-refractivity contribution is 5.79. The van der Waals surface area contributed by atoms with Gasteiger partial charge in [-0.1, -0.05) is 39.3 Å². The SMILES string of the molecule is CC.CC(=O)OC1CCC2(C)C(=CCC3C2CCC2(C)C(C(C)=O)CCC32)C1. The molecule has 0 aliphatic heterocycles. The second kappa shape index (κ2) is 7.95. The Balaban J connectivity index is 0.00000109. The third kappa shape index (κ3) is 3.37. The number of hydrogen-bond acceptors (Lipinski definition) is 3. The summed E-state index contributed by atoms with van der Waals surface area (Å²) in [7, 11) is 0. The van der Waals surface area contributed by atoms with Crippen LogP contribution in [0.5, 0.6) is 0 Å². The highest BCUT2D eigenvalue weighted by Crippen LogP contribution is 2.66. The van der Waals surface area contributed by atoms with E-state index in [1.807, 2.05) is 13.8 Å². The van der Waals surface area contributed by atoms with E-state index in [-0.39, 0.29) is 28.8 Å². The summed E-state index contributed by atoms with van der Waals surface area (Å²) in [6.07, 6.45) is 11.6. The molecule has 4 aliphatic rings. The fraction of sp³-hybridized carbons (Fsp3) is 0.840. The molecule has 4 aliphatic carbocycles. The van der Waals surface area contributed by atoms with Gasteiger partial charge in [0.15, 0.2) is 0 Å². The molecular weight excluding hydrogens is 348 g/mol. The van der Waals surface area contributed by atoms with E-state index in [2.05, 4.69) is 19.9 Å². The standard InChI is InChI=1S/C23H34O3.C2H6/c1-14(24)19-7-8-20-18-6-5-16-13-17(26-15(2)25)9-11-22(16,3)21(18)10-12-23(19,20)4;1-2/h5,17-21H,6-13H2,1-4H3;1-2H3. The van der Waals surface area contributed by atoms with Gasteiger partial charge in [0, 0.05) is 19.3 Å². The minimum Gasteiger partial charge on any atom is -0.462 e. The van der Waals surface area contributed by atoms with Gasteiger partial charge in [-0.15, -0.1) is 0 Å². The summed E-state index contributed by atoms with van der Waals surface area (Å²) in [5.41, 5.74) is 2.04. The van der Waals surface area contributed by atoms with Crippen molar-refractivity contribution in [3.8, 4) is 0 Å². The number of ketones is 1. The van der Waals surface area contributed by atoms with Gasteiger partial charge in [-0.25, -0.2) is 0 Å². The zero-order valence-corrected chi connectivity index (χ0v) is 18.8. The Morgan fingerprint density at radius 2 is 1.71 bits per heavy atom. The first-order valence-electron chi connectivity index (χ1n) is 11.6. The zero-order valence-electron chi connectivity index (χ0n) is 18.8. The first-order valence-corrected chi connectivity index (χ1v) is 11.6. The number of carbonyl (C=O) groups excluding carboxylic acids is 2. The molecule has 0 radical (unpaired) electrons. The fourth-order valence-corrected chi connectivity index (χ4v) is 7.63. The highest BCUT2D eigenvalue weighted by Gasteiger charge is 2.59. The van der Waals surface area contributed by atoms with Crippen LogP contribution in [0.15, 0.2) is 11.6 Å². The molecule has 7 unspecified atom stereocenters. The molecule has 3 saturated carbocycles.